The number of carbonyl (C=O) groups excluding carboxylic acids is 1. The number of pyridine rings is 1. The Labute approximate surface area is 134 Å². The first-order valence-electron chi connectivity index (χ1n) is 7.50. The predicted octanol–water partition coefficient (Wildman–Crippen LogP) is 2.05. The molecule has 8 nitrogen and oxygen atoms in total. The summed E-state index contributed by atoms with van der Waals surface area (Å²) in [6.07, 6.45) is 2.53. The van der Waals surface area contributed by atoms with Crippen molar-refractivity contribution in [3.63, 3.8) is 0 Å². The number of amides is 1. The molecular formula is C15H20N4O4. The van der Waals surface area contributed by atoms with E-state index in [0.29, 0.717) is 31.9 Å². The summed E-state index contributed by atoms with van der Waals surface area (Å²) >= 11 is 0. The van der Waals surface area contributed by atoms with E-state index in [0.717, 1.165) is 0 Å². The second kappa shape index (κ2) is 5.07. The minimum Gasteiger partial charge on any atom is -0.444 e. The van der Waals surface area contributed by atoms with Crippen LogP contribution in [0.4, 0.5) is 16.2 Å². The topological polar surface area (TPSA) is 88.8 Å². The fourth-order valence-corrected chi connectivity index (χ4v) is 3.14. The number of ether oxygens (including phenoxy) is 1. The summed E-state index contributed by atoms with van der Waals surface area (Å²) in [6.45, 7) is 8.21. The Kier molecular flexibility index (Phi) is 3.42. The van der Waals surface area contributed by atoms with Crippen molar-refractivity contribution in [2.75, 3.05) is 31.1 Å². The fourth-order valence-electron chi connectivity index (χ4n) is 3.14. The van der Waals surface area contributed by atoms with Gasteiger partial charge in [-0.25, -0.2) is 4.79 Å². The van der Waals surface area contributed by atoms with E-state index >= 15 is 0 Å². The molecule has 0 unspecified atom stereocenters. The molecule has 0 saturated carbocycles. The van der Waals surface area contributed by atoms with Gasteiger partial charge in [-0.1, -0.05) is 0 Å². The van der Waals surface area contributed by atoms with Crippen molar-refractivity contribution >= 4 is 17.5 Å². The van der Waals surface area contributed by atoms with Gasteiger partial charge in [0.25, 0.3) is 0 Å². The van der Waals surface area contributed by atoms with Crippen molar-refractivity contribution in [1.82, 2.24) is 9.88 Å². The van der Waals surface area contributed by atoms with E-state index in [4.69, 9.17) is 4.74 Å². The Morgan fingerprint density at radius 3 is 2.57 bits per heavy atom. The van der Waals surface area contributed by atoms with Crippen LogP contribution in [0.25, 0.3) is 0 Å². The molecule has 3 heterocycles. The second-order valence-electron chi connectivity index (χ2n) is 7.31. The van der Waals surface area contributed by atoms with Crippen LogP contribution in [0.2, 0.25) is 0 Å². The Bertz CT molecular complexity index is 641. The number of rotatable bonds is 2. The molecule has 0 radical (unpaired) electrons. The number of nitrogens with zero attached hydrogens (tertiary/aromatic N) is 4. The molecule has 2 aliphatic heterocycles. The number of likely N-dealkylation sites (tertiary alicyclic amines) is 1. The maximum Gasteiger partial charge on any atom is 0.410 e. The van der Waals surface area contributed by atoms with Gasteiger partial charge in [-0.15, -0.1) is 0 Å². The third-order valence-corrected chi connectivity index (χ3v) is 4.07. The van der Waals surface area contributed by atoms with E-state index in [1.54, 1.807) is 17.2 Å². The van der Waals surface area contributed by atoms with Crippen molar-refractivity contribution in [1.29, 1.82) is 0 Å². The molecule has 0 aliphatic carbocycles. The second-order valence-corrected chi connectivity index (χ2v) is 7.31. The largest absolute Gasteiger partial charge is 0.444 e. The molecular weight excluding hydrogens is 300 g/mol. The van der Waals surface area contributed by atoms with E-state index in [-0.39, 0.29) is 17.2 Å². The first kappa shape index (κ1) is 15.5. The quantitative estimate of drug-likeness (QED) is 0.612. The summed E-state index contributed by atoms with van der Waals surface area (Å²) in [6, 6.07) is 1.66. The number of nitro groups is 1. The van der Waals surface area contributed by atoms with Gasteiger partial charge in [0.15, 0.2) is 0 Å². The van der Waals surface area contributed by atoms with Gasteiger partial charge in [0, 0.05) is 37.8 Å². The van der Waals surface area contributed by atoms with Gasteiger partial charge in [0.05, 0.1) is 4.92 Å². The Hall–Kier alpha value is -2.38. The molecule has 124 valence electrons. The minimum atomic E-state index is -0.497. The number of carbonyl (C=O) groups is 1. The molecule has 8 heteroatoms. The van der Waals surface area contributed by atoms with E-state index in [9.17, 15) is 14.9 Å². The van der Waals surface area contributed by atoms with Crippen LogP contribution in [-0.4, -0.2) is 52.7 Å². The molecule has 2 saturated heterocycles. The lowest BCUT2D eigenvalue weighted by atomic mass is 9.73. The van der Waals surface area contributed by atoms with Gasteiger partial charge in [-0.3, -0.25) is 15.1 Å². The van der Waals surface area contributed by atoms with E-state index in [1.807, 2.05) is 25.7 Å². The van der Waals surface area contributed by atoms with Crippen molar-refractivity contribution in [3.8, 4) is 0 Å². The molecule has 1 aromatic rings. The van der Waals surface area contributed by atoms with Crippen LogP contribution in [-0.2, 0) is 4.74 Å². The molecule has 1 aromatic heterocycles. The van der Waals surface area contributed by atoms with Gasteiger partial charge in [-0.05, 0) is 26.8 Å². The van der Waals surface area contributed by atoms with Gasteiger partial charge in [-0.2, -0.15) is 0 Å². The zero-order valence-corrected chi connectivity index (χ0v) is 13.5. The lowest BCUT2D eigenvalue weighted by Crippen LogP contribution is -2.73. The van der Waals surface area contributed by atoms with Crippen LogP contribution in [0.5, 0.6) is 0 Å². The molecule has 3 rings (SSSR count). The van der Waals surface area contributed by atoms with Crippen LogP contribution < -0.4 is 4.90 Å². The lowest BCUT2D eigenvalue weighted by Gasteiger charge is -2.60. The van der Waals surface area contributed by atoms with Crippen molar-refractivity contribution in [3.05, 3.63) is 28.6 Å². The van der Waals surface area contributed by atoms with E-state index in [1.165, 1.54) is 6.20 Å². The predicted molar refractivity (Wildman–Crippen MR) is 83.3 cm³/mol. The summed E-state index contributed by atoms with van der Waals surface area (Å²) in [7, 11) is 0. The summed E-state index contributed by atoms with van der Waals surface area (Å²) in [5.41, 5.74) is 0.147. The number of anilines is 1. The highest BCUT2D eigenvalue weighted by atomic mass is 16.6. The lowest BCUT2D eigenvalue weighted by molar-refractivity contribution is -0.384. The average molecular weight is 320 g/mol. The van der Waals surface area contributed by atoms with Crippen LogP contribution in [0.3, 0.4) is 0 Å². The maximum absolute atomic E-state index is 12.0. The van der Waals surface area contributed by atoms with Crippen LogP contribution in [0.1, 0.15) is 20.8 Å². The molecule has 23 heavy (non-hydrogen) atoms. The number of hydrogen-bond acceptors (Lipinski definition) is 6. The van der Waals surface area contributed by atoms with Crippen molar-refractivity contribution in [2.24, 2.45) is 5.41 Å². The zero-order chi connectivity index (χ0) is 16.8. The van der Waals surface area contributed by atoms with Gasteiger partial charge in [0.2, 0.25) is 0 Å². The first-order chi connectivity index (χ1) is 10.7. The highest BCUT2D eigenvalue weighted by Gasteiger charge is 2.54. The first-order valence-corrected chi connectivity index (χ1v) is 7.50. The van der Waals surface area contributed by atoms with Gasteiger partial charge < -0.3 is 14.5 Å². The van der Waals surface area contributed by atoms with Gasteiger partial charge in [0.1, 0.15) is 17.5 Å². The molecule has 0 bridgehead atoms. The van der Waals surface area contributed by atoms with Crippen LogP contribution in [0.15, 0.2) is 18.5 Å². The normalized spacial score (nSPS) is 19.1. The Morgan fingerprint density at radius 2 is 2.00 bits per heavy atom. The summed E-state index contributed by atoms with van der Waals surface area (Å²) in [4.78, 5) is 30.1. The van der Waals surface area contributed by atoms with E-state index < -0.39 is 10.5 Å². The molecule has 2 fully saturated rings. The van der Waals surface area contributed by atoms with Crippen molar-refractivity contribution in [2.45, 2.75) is 26.4 Å². The zero-order valence-electron chi connectivity index (χ0n) is 13.5. The van der Waals surface area contributed by atoms with Crippen LogP contribution >= 0.6 is 0 Å². The third kappa shape index (κ3) is 2.93. The molecule has 0 aromatic carbocycles. The maximum atomic E-state index is 12.0. The fraction of sp³-hybridized carbons (Fsp3) is 0.600. The summed E-state index contributed by atoms with van der Waals surface area (Å²) < 4.78 is 5.34. The standard InChI is InChI=1S/C15H20N4O4/c1-14(2,3)23-13(20)18-9-15(10-18)7-17(8-15)11-4-5-16-6-12(11)19(21)22/h4-6H,7-10H2,1-3H3. The van der Waals surface area contributed by atoms with Gasteiger partial charge >= 0.3 is 11.8 Å². The molecule has 0 N–H and O–H groups in total. The van der Waals surface area contributed by atoms with Crippen LogP contribution in [0, 0.1) is 15.5 Å². The Balaban J connectivity index is 1.57. The monoisotopic (exact) mass is 320 g/mol. The number of hydrogen-bond donors (Lipinski definition) is 0. The smallest absolute Gasteiger partial charge is 0.410 e. The molecule has 1 amide bonds. The molecule has 1 spiro atoms. The SMILES string of the molecule is CC(C)(C)OC(=O)N1CC2(C1)CN(c1ccncc1[N+](=O)[O-])C2. The van der Waals surface area contributed by atoms with Crippen molar-refractivity contribution < 1.29 is 14.5 Å². The molecule has 2 aliphatic rings. The average Bonchev–Trinajstić information content (AvgIpc) is 2.33. The minimum absolute atomic E-state index is 0.0191. The molecule has 0 atom stereocenters. The Morgan fingerprint density at radius 1 is 1.35 bits per heavy atom. The summed E-state index contributed by atoms with van der Waals surface area (Å²) in [5, 5.41) is 11.1. The number of aromatic nitrogens is 1. The summed E-state index contributed by atoms with van der Waals surface area (Å²) in [5.74, 6) is 0. The van der Waals surface area contributed by atoms with E-state index in [2.05, 4.69) is 4.98 Å². The third-order valence-electron chi connectivity index (χ3n) is 4.07. The highest BCUT2D eigenvalue weighted by molar-refractivity contribution is 5.71. The highest BCUT2D eigenvalue weighted by Crippen LogP contribution is 2.44.